The van der Waals surface area contributed by atoms with Crippen LogP contribution in [0.4, 0.5) is 0 Å². The zero-order chi connectivity index (χ0) is 21.3. The number of allylic oxidation sites excluding steroid dienone is 7. The van der Waals surface area contributed by atoms with Gasteiger partial charge in [0, 0.05) is 12.5 Å². The number of rotatable bonds is 0. The van der Waals surface area contributed by atoms with Crippen LogP contribution in [0.15, 0.2) is 72.9 Å². The van der Waals surface area contributed by atoms with Crippen molar-refractivity contribution in [2.75, 3.05) is 0 Å². The molecule has 1 rings (SSSR count). The lowest BCUT2D eigenvalue weighted by molar-refractivity contribution is -0.142. The number of carbonyl (C=O) groups excluding carboxylic acids is 1. The van der Waals surface area contributed by atoms with Crippen molar-refractivity contribution in [3.8, 4) is 0 Å². The van der Waals surface area contributed by atoms with Gasteiger partial charge in [0.2, 0.25) is 0 Å². The van der Waals surface area contributed by atoms with E-state index in [1.165, 1.54) is 6.08 Å². The summed E-state index contributed by atoms with van der Waals surface area (Å²) < 4.78 is 5.31. The first-order valence-corrected chi connectivity index (χ1v) is 10.2. The normalized spacial score (nSPS) is 35.4. The molecule has 29 heavy (non-hydrogen) atoms. The standard InChI is InChI=1S/C24H34O5/c1-20-13-7-3-2-4-8-16-22(26)19-23(27)17-11-5-9-14-21(25)15-10-6-12-18-24(28)29-20/h2,4-6,8-12,14,16,18,20-23,25-27H,3,7,13,15,17,19H2,1H3/b4-2-,10-6+,11-5-,14-9+,16-8+,18-12-/t20-,21+,22+,23-/m0/s1. The van der Waals surface area contributed by atoms with Gasteiger partial charge in [-0.15, -0.1) is 0 Å². The van der Waals surface area contributed by atoms with E-state index in [0.717, 1.165) is 19.3 Å². The van der Waals surface area contributed by atoms with E-state index < -0.39 is 18.3 Å². The highest BCUT2D eigenvalue weighted by molar-refractivity contribution is 5.82. The summed E-state index contributed by atoms with van der Waals surface area (Å²) in [6.07, 6.45) is 22.2. The minimum absolute atomic E-state index is 0.158. The molecule has 0 saturated carbocycles. The third-order valence-electron chi connectivity index (χ3n) is 4.24. The fourth-order valence-corrected chi connectivity index (χ4v) is 2.66. The first-order chi connectivity index (χ1) is 14.0. The maximum atomic E-state index is 11.7. The van der Waals surface area contributed by atoms with Crippen molar-refractivity contribution in [3.05, 3.63) is 72.9 Å². The Morgan fingerprint density at radius 2 is 1.52 bits per heavy atom. The summed E-state index contributed by atoms with van der Waals surface area (Å²) >= 11 is 0. The predicted octanol–water partition coefficient (Wildman–Crippen LogP) is 3.69. The number of hydrogen-bond acceptors (Lipinski definition) is 5. The lowest BCUT2D eigenvalue weighted by Gasteiger charge is -2.10. The summed E-state index contributed by atoms with van der Waals surface area (Å²) in [5.74, 6) is -0.378. The molecule has 0 spiro atoms. The molecular formula is C24H34O5. The van der Waals surface area contributed by atoms with Crippen molar-refractivity contribution in [3.63, 3.8) is 0 Å². The van der Waals surface area contributed by atoms with Gasteiger partial charge in [-0.05, 0) is 39.0 Å². The van der Waals surface area contributed by atoms with Gasteiger partial charge in [-0.2, -0.15) is 0 Å². The lowest BCUT2D eigenvalue weighted by atomic mass is 10.1. The number of carbonyl (C=O) groups is 1. The lowest BCUT2D eigenvalue weighted by Crippen LogP contribution is -2.14. The monoisotopic (exact) mass is 402 g/mol. The maximum Gasteiger partial charge on any atom is 0.331 e. The van der Waals surface area contributed by atoms with Crippen LogP contribution in [0.25, 0.3) is 0 Å². The average molecular weight is 403 g/mol. The Morgan fingerprint density at radius 1 is 0.862 bits per heavy atom. The Kier molecular flexibility index (Phi) is 13.4. The molecule has 1 aliphatic rings. The number of cyclic esters (lactones) is 1. The molecule has 0 aromatic carbocycles. The summed E-state index contributed by atoms with van der Waals surface area (Å²) in [4.78, 5) is 11.7. The minimum atomic E-state index is -0.703. The fraction of sp³-hybridized carbons (Fsp3) is 0.458. The van der Waals surface area contributed by atoms with Crippen molar-refractivity contribution >= 4 is 5.97 Å². The van der Waals surface area contributed by atoms with Crippen LogP contribution in [0.1, 0.15) is 45.4 Å². The quantitative estimate of drug-likeness (QED) is 0.538. The fourth-order valence-electron chi connectivity index (χ4n) is 2.66. The molecule has 0 aliphatic carbocycles. The summed E-state index contributed by atoms with van der Waals surface area (Å²) in [6, 6.07) is 0. The molecule has 160 valence electrons. The Hall–Kier alpha value is -2.21. The van der Waals surface area contributed by atoms with E-state index in [2.05, 4.69) is 0 Å². The highest BCUT2D eigenvalue weighted by Gasteiger charge is 2.07. The second-order valence-electron chi connectivity index (χ2n) is 7.09. The summed E-state index contributed by atoms with van der Waals surface area (Å²) in [7, 11) is 0. The van der Waals surface area contributed by atoms with E-state index in [-0.39, 0.29) is 18.5 Å². The molecular weight excluding hydrogens is 368 g/mol. The van der Waals surface area contributed by atoms with E-state index in [9.17, 15) is 20.1 Å². The van der Waals surface area contributed by atoms with Gasteiger partial charge in [0.05, 0.1) is 24.4 Å². The van der Waals surface area contributed by atoms with E-state index in [0.29, 0.717) is 12.8 Å². The van der Waals surface area contributed by atoms with Gasteiger partial charge in [-0.1, -0.05) is 66.8 Å². The molecule has 1 aliphatic heterocycles. The third kappa shape index (κ3) is 14.4. The van der Waals surface area contributed by atoms with Crippen LogP contribution in [0.5, 0.6) is 0 Å². The minimum Gasteiger partial charge on any atom is -0.460 e. The highest BCUT2D eigenvalue weighted by Crippen LogP contribution is 2.08. The van der Waals surface area contributed by atoms with E-state index >= 15 is 0 Å². The van der Waals surface area contributed by atoms with Gasteiger partial charge in [-0.25, -0.2) is 4.79 Å². The van der Waals surface area contributed by atoms with Gasteiger partial charge in [0.15, 0.2) is 0 Å². The molecule has 1 heterocycles. The maximum absolute atomic E-state index is 11.7. The third-order valence-corrected chi connectivity index (χ3v) is 4.24. The first-order valence-electron chi connectivity index (χ1n) is 10.2. The average Bonchev–Trinajstić information content (AvgIpc) is 2.65. The molecule has 0 radical (unpaired) electrons. The van der Waals surface area contributed by atoms with Gasteiger partial charge in [-0.3, -0.25) is 0 Å². The summed E-state index contributed by atoms with van der Waals surface area (Å²) in [5.41, 5.74) is 0. The summed E-state index contributed by atoms with van der Waals surface area (Å²) in [6.45, 7) is 1.87. The van der Waals surface area contributed by atoms with Crippen LogP contribution >= 0.6 is 0 Å². The Morgan fingerprint density at radius 3 is 2.31 bits per heavy atom. The van der Waals surface area contributed by atoms with Crippen LogP contribution in [0.3, 0.4) is 0 Å². The zero-order valence-corrected chi connectivity index (χ0v) is 17.1. The summed E-state index contributed by atoms with van der Waals surface area (Å²) in [5, 5.41) is 29.8. The predicted molar refractivity (Wildman–Crippen MR) is 116 cm³/mol. The molecule has 0 aromatic rings. The molecule has 0 bridgehead atoms. The number of aliphatic hydroxyl groups excluding tert-OH is 3. The number of aliphatic hydroxyl groups is 3. The van der Waals surface area contributed by atoms with E-state index in [1.807, 2.05) is 19.1 Å². The van der Waals surface area contributed by atoms with Crippen LogP contribution in [-0.4, -0.2) is 45.7 Å². The largest absolute Gasteiger partial charge is 0.460 e. The van der Waals surface area contributed by atoms with Crippen LogP contribution in [0.2, 0.25) is 0 Å². The molecule has 0 fully saturated rings. The molecule has 0 amide bonds. The molecule has 0 aromatic heterocycles. The number of ether oxygens (including phenoxy) is 1. The molecule has 0 unspecified atom stereocenters. The zero-order valence-electron chi connectivity index (χ0n) is 17.1. The van der Waals surface area contributed by atoms with Gasteiger partial charge >= 0.3 is 5.97 Å². The molecule has 5 nitrogen and oxygen atoms in total. The smallest absolute Gasteiger partial charge is 0.331 e. The Labute approximate surface area is 174 Å². The second-order valence-corrected chi connectivity index (χ2v) is 7.09. The van der Waals surface area contributed by atoms with Gasteiger partial charge in [0.1, 0.15) is 0 Å². The topological polar surface area (TPSA) is 87.0 Å². The number of esters is 1. The van der Waals surface area contributed by atoms with Crippen LogP contribution in [0, 0.1) is 0 Å². The highest BCUT2D eigenvalue weighted by atomic mass is 16.5. The van der Waals surface area contributed by atoms with Crippen molar-refractivity contribution in [2.24, 2.45) is 0 Å². The van der Waals surface area contributed by atoms with Crippen LogP contribution < -0.4 is 0 Å². The number of hydrogen-bond donors (Lipinski definition) is 3. The van der Waals surface area contributed by atoms with E-state index in [1.54, 1.807) is 54.7 Å². The molecule has 3 N–H and O–H groups in total. The molecule has 4 atom stereocenters. The SMILES string of the molecule is C[C@H]1CCC/C=C\C=C\[C@@H](O)C[C@@H](O)C/C=C\C=C\[C@@H](O)C/C=C/C=C\C(=O)O1. The van der Waals surface area contributed by atoms with Crippen molar-refractivity contribution < 1.29 is 24.9 Å². The van der Waals surface area contributed by atoms with Gasteiger partial charge < -0.3 is 20.1 Å². The molecule has 0 saturated heterocycles. The van der Waals surface area contributed by atoms with Crippen molar-refractivity contribution in [1.29, 1.82) is 0 Å². The Bertz CT molecular complexity index is 627. The van der Waals surface area contributed by atoms with Crippen LogP contribution in [-0.2, 0) is 9.53 Å². The van der Waals surface area contributed by atoms with Gasteiger partial charge in [0.25, 0.3) is 0 Å². The van der Waals surface area contributed by atoms with Crippen molar-refractivity contribution in [1.82, 2.24) is 0 Å². The second kappa shape index (κ2) is 15.7. The molecule has 5 heteroatoms. The van der Waals surface area contributed by atoms with E-state index in [4.69, 9.17) is 4.74 Å². The first kappa shape index (κ1) is 24.8. The van der Waals surface area contributed by atoms with Crippen molar-refractivity contribution in [2.45, 2.75) is 69.9 Å². The Balaban J connectivity index is 2.66.